The van der Waals surface area contributed by atoms with Crippen LogP contribution in [0.1, 0.15) is 13.3 Å². The lowest BCUT2D eigenvalue weighted by Crippen LogP contribution is -2.25. The molecule has 0 aromatic carbocycles. The summed E-state index contributed by atoms with van der Waals surface area (Å²) < 4.78 is 22.2. The maximum atomic E-state index is 11.1. The van der Waals surface area contributed by atoms with E-state index in [9.17, 15) is 8.42 Å². The molecule has 0 radical (unpaired) electrons. The average Bonchev–Trinajstić information content (AvgIpc) is 2.04. The third-order valence-electron chi connectivity index (χ3n) is 1.95. The molecule has 4 heteroatoms. The minimum atomic E-state index is -2.81. The highest BCUT2D eigenvalue weighted by atomic mass is 32.2. The van der Waals surface area contributed by atoms with Crippen molar-refractivity contribution < 1.29 is 8.42 Å². The molecule has 0 bridgehead atoms. The normalized spacial score (nSPS) is 38.2. The van der Waals surface area contributed by atoms with Gasteiger partial charge < -0.3 is 5.73 Å². The predicted molar refractivity (Wildman–Crippen MR) is 40.4 cm³/mol. The summed E-state index contributed by atoms with van der Waals surface area (Å²) in [5.41, 5.74) is 5.29. The van der Waals surface area contributed by atoms with Crippen molar-refractivity contribution in [3.8, 4) is 0 Å². The van der Waals surface area contributed by atoms with Gasteiger partial charge in [-0.25, -0.2) is 8.42 Å². The first-order valence-electron chi connectivity index (χ1n) is 3.48. The average molecular weight is 163 g/mol. The van der Waals surface area contributed by atoms with Crippen molar-refractivity contribution in [2.45, 2.75) is 18.6 Å². The van der Waals surface area contributed by atoms with Gasteiger partial charge in [0.15, 0.2) is 9.84 Å². The Morgan fingerprint density at radius 2 is 2.20 bits per heavy atom. The minimum absolute atomic E-state index is 0.262. The first kappa shape index (κ1) is 8.01. The van der Waals surface area contributed by atoms with Gasteiger partial charge in [0.1, 0.15) is 0 Å². The van der Waals surface area contributed by atoms with E-state index in [-0.39, 0.29) is 11.8 Å². The van der Waals surface area contributed by atoms with Gasteiger partial charge in [-0.3, -0.25) is 0 Å². The lowest BCUT2D eigenvalue weighted by molar-refractivity contribution is 0.587. The molecule has 1 heterocycles. The fourth-order valence-corrected chi connectivity index (χ4v) is 3.56. The second kappa shape index (κ2) is 2.51. The highest BCUT2D eigenvalue weighted by Gasteiger charge is 2.34. The van der Waals surface area contributed by atoms with Crippen molar-refractivity contribution >= 4 is 9.84 Å². The molecule has 1 unspecified atom stereocenters. The summed E-state index contributed by atoms with van der Waals surface area (Å²) in [7, 11) is -2.81. The van der Waals surface area contributed by atoms with Crippen molar-refractivity contribution in [1.29, 1.82) is 0 Å². The molecule has 1 saturated heterocycles. The van der Waals surface area contributed by atoms with Crippen LogP contribution in [0.3, 0.4) is 0 Å². The van der Waals surface area contributed by atoms with Gasteiger partial charge in [0.2, 0.25) is 0 Å². The van der Waals surface area contributed by atoms with E-state index in [1.54, 1.807) is 0 Å². The highest BCUT2D eigenvalue weighted by molar-refractivity contribution is 7.92. The van der Waals surface area contributed by atoms with E-state index in [4.69, 9.17) is 5.73 Å². The maximum Gasteiger partial charge on any atom is 0.154 e. The standard InChI is InChI=1S/C6H13NO2S/c1-5-2-6(3-7)10(8,9)4-5/h5-6H,2-4,7H2,1H3/t5?,6-/m0/s1. The first-order chi connectivity index (χ1) is 4.56. The molecule has 0 amide bonds. The Morgan fingerprint density at radius 1 is 1.60 bits per heavy atom. The van der Waals surface area contributed by atoms with E-state index >= 15 is 0 Å². The Morgan fingerprint density at radius 3 is 2.40 bits per heavy atom. The van der Waals surface area contributed by atoms with E-state index in [0.29, 0.717) is 11.7 Å². The summed E-state index contributed by atoms with van der Waals surface area (Å²) in [6.07, 6.45) is 0.749. The fourth-order valence-electron chi connectivity index (χ4n) is 1.44. The second-order valence-corrected chi connectivity index (χ2v) is 5.35. The van der Waals surface area contributed by atoms with Crippen LogP contribution in [-0.4, -0.2) is 26.0 Å². The molecule has 1 aliphatic rings. The lowest BCUT2D eigenvalue weighted by Gasteiger charge is -2.02. The Hall–Kier alpha value is -0.0900. The summed E-state index contributed by atoms with van der Waals surface area (Å²) in [5.74, 6) is 0.632. The monoisotopic (exact) mass is 163 g/mol. The van der Waals surface area contributed by atoms with E-state index in [0.717, 1.165) is 6.42 Å². The van der Waals surface area contributed by atoms with Crippen molar-refractivity contribution in [3.63, 3.8) is 0 Å². The number of hydrogen-bond acceptors (Lipinski definition) is 3. The molecule has 1 rings (SSSR count). The smallest absolute Gasteiger partial charge is 0.154 e. The molecule has 1 fully saturated rings. The van der Waals surface area contributed by atoms with Crippen LogP contribution in [0.5, 0.6) is 0 Å². The largest absolute Gasteiger partial charge is 0.329 e. The van der Waals surface area contributed by atoms with Gasteiger partial charge in [-0.15, -0.1) is 0 Å². The molecular formula is C6H13NO2S. The molecule has 10 heavy (non-hydrogen) atoms. The topological polar surface area (TPSA) is 60.2 Å². The lowest BCUT2D eigenvalue weighted by atomic mass is 10.1. The number of rotatable bonds is 1. The molecule has 1 aliphatic heterocycles. The zero-order chi connectivity index (χ0) is 7.78. The minimum Gasteiger partial charge on any atom is -0.329 e. The zero-order valence-corrected chi connectivity index (χ0v) is 6.89. The number of sulfone groups is 1. The van der Waals surface area contributed by atoms with Crippen molar-refractivity contribution in [2.75, 3.05) is 12.3 Å². The molecule has 0 aliphatic carbocycles. The second-order valence-electron chi connectivity index (χ2n) is 3.03. The van der Waals surface area contributed by atoms with Gasteiger partial charge in [-0.05, 0) is 12.3 Å². The molecule has 2 atom stereocenters. The molecule has 3 nitrogen and oxygen atoms in total. The van der Waals surface area contributed by atoms with E-state index < -0.39 is 9.84 Å². The third kappa shape index (κ3) is 1.32. The molecule has 2 N–H and O–H groups in total. The van der Waals surface area contributed by atoms with Gasteiger partial charge >= 0.3 is 0 Å². The van der Waals surface area contributed by atoms with Crippen LogP contribution in [0.2, 0.25) is 0 Å². The van der Waals surface area contributed by atoms with Crippen molar-refractivity contribution in [1.82, 2.24) is 0 Å². The maximum absolute atomic E-state index is 11.1. The number of hydrogen-bond donors (Lipinski definition) is 1. The Bertz CT molecular complexity index is 210. The van der Waals surface area contributed by atoms with Crippen molar-refractivity contribution in [3.05, 3.63) is 0 Å². The van der Waals surface area contributed by atoms with Crippen LogP contribution in [-0.2, 0) is 9.84 Å². The summed E-state index contributed by atoms with van der Waals surface area (Å²) in [6, 6.07) is 0. The first-order valence-corrected chi connectivity index (χ1v) is 5.19. The van der Waals surface area contributed by atoms with Crippen LogP contribution < -0.4 is 5.73 Å². The Kier molecular flexibility index (Phi) is 2.01. The summed E-state index contributed by atoms with van der Waals surface area (Å²) >= 11 is 0. The van der Waals surface area contributed by atoms with E-state index in [1.165, 1.54) is 0 Å². The Labute approximate surface area is 61.5 Å². The van der Waals surface area contributed by atoms with Gasteiger partial charge in [-0.2, -0.15) is 0 Å². The zero-order valence-electron chi connectivity index (χ0n) is 6.08. The van der Waals surface area contributed by atoms with Gasteiger partial charge in [0, 0.05) is 6.54 Å². The highest BCUT2D eigenvalue weighted by Crippen LogP contribution is 2.24. The molecule has 0 saturated carbocycles. The summed E-state index contributed by atoms with van der Waals surface area (Å²) in [4.78, 5) is 0. The fraction of sp³-hybridized carbons (Fsp3) is 1.00. The van der Waals surface area contributed by atoms with Crippen LogP contribution in [0.15, 0.2) is 0 Å². The van der Waals surface area contributed by atoms with Crippen LogP contribution in [0.4, 0.5) is 0 Å². The molecule has 0 aromatic heterocycles. The number of nitrogens with two attached hydrogens (primary N) is 1. The van der Waals surface area contributed by atoms with E-state index in [2.05, 4.69) is 0 Å². The van der Waals surface area contributed by atoms with Crippen molar-refractivity contribution in [2.24, 2.45) is 11.7 Å². The molecule has 0 spiro atoms. The van der Waals surface area contributed by atoms with Crippen LogP contribution in [0, 0.1) is 5.92 Å². The van der Waals surface area contributed by atoms with Gasteiger partial charge in [0.25, 0.3) is 0 Å². The quantitative estimate of drug-likeness (QED) is 0.581. The van der Waals surface area contributed by atoms with Gasteiger partial charge in [-0.1, -0.05) is 6.92 Å². The molecule has 60 valence electrons. The van der Waals surface area contributed by atoms with Crippen LogP contribution in [0.25, 0.3) is 0 Å². The van der Waals surface area contributed by atoms with Crippen LogP contribution >= 0.6 is 0 Å². The van der Waals surface area contributed by atoms with E-state index in [1.807, 2.05) is 6.92 Å². The Balaban J connectivity index is 2.78. The molecule has 0 aromatic rings. The van der Waals surface area contributed by atoms with Gasteiger partial charge in [0.05, 0.1) is 11.0 Å². The summed E-state index contributed by atoms with van der Waals surface area (Å²) in [6.45, 7) is 2.24. The SMILES string of the molecule is CC1C[C@@H](CN)S(=O)(=O)C1. The summed E-state index contributed by atoms with van der Waals surface area (Å²) in [5, 5.41) is -0.262. The third-order valence-corrected chi connectivity index (χ3v) is 4.39. The predicted octanol–water partition coefficient (Wildman–Crippen LogP) is -0.232. The molecular weight excluding hydrogens is 150 g/mol.